The summed E-state index contributed by atoms with van der Waals surface area (Å²) in [5.74, 6) is 0.641. The molecule has 3 N–H and O–H groups in total. The third-order valence-corrected chi connectivity index (χ3v) is 3.75. The van der Waals surface area contributed by atoms with Crippen molar-refractivity contribution < 1.29 is 4.79 Å². The van der Waals surface area contributed by atoms with Gasteiger partial charge in [-0.05, 0) is 31.4 Å². The van der Waals surface area contributed by atoms with Crippen LogP contribution < -0.4 is 11.1 Å². The molecule has 0 saturated heterocycles. The Morgan fingerprint density at radius 3 is 3.00 bits per heavy atom. The molecule has 0 spiro atoms. The summed E-state index contributed by atoms with van der Waals surface area (Å²) in [5, 5.41) is 7.10. The Hall–Kier alpha value is -1.36. The van der Waals surface area contributed by atoms with Crippen LogP contribution in [-0.2, 0) is 11.3 Å². The lowest BCUT2D eigenvalue weighted by Crippen LogP contribution is -2.40. The van der Waals surface area contributed by atoms with E-state index >= 15 is 0 Å². The molecule has 0 radical (unpaired) electrons. The smallest absolute Gasteiger partial charge is 0.223 e. The highest BCUT2D eigenvalue weighted by Gasteiger charge is 2.29. The predicted molar refractivity (Wildman–Crippen MR) is 69.7 cm³/mol. The maximum Gasteiger partial charge on any atom is 0.223 e. The van der Waals surface area contributed by atoms with E-state index in [2.05, 4.69) is 10.4 Å². The second kappa shape index (κ2) is 6.54. The summed E-state index contributed by atoms with van der Waals surface area (Å²) < 4.78 is 1.82. The third-order valence-electron chi connectivity index (χ3n) is 3.75. The molecule has 100 valence electrons. The van der Waals surface area contributed by atoms with Crippen molar-refractivity contribution in [2.24, 2.45) is 17.6 Å². The molecule has 1 aromatic heterocycles. The number of nitrogens with two attached hydrogens (primary N) is 1. The van der Waals surface area contributed by atoms with Crippen molar-refractivity contribution in [2.45, 2.75) is 32.2 Å². The summed E-state index contributed by atoms with van der Waals surface area (Å²) in [5.41, 5.74) is 5.74. The lowest BCUT2D eigenvalue weighted by Gasteiger charge is -2.29. The Kier molecular flexibility index (Phi) is 4.75. The summed E-state index contributed by atoms with van der Waals surface area (Å²) in [4.78, 5) is 12.1. The van der Waals surface area contributed by atoms with Gasteiger partial charge in [0.1, 0.15) is 0 Å². The zero-order chi connectivity index (χ0) is 12.8. The molecule has 1 amide bonds. The molecule has 2 rings (SSSR count). The molecule has 0 aromatic carbocycles. The SMILES string of the molecule is NCC1CCCCC1C(=O)NCCn1cccn1. The van der Waals surface area contributed by atoms with Crippen LogP contribution in [0.3, 0.4) is 0 Å². The number of nitrogens with zero attached hydrogens (tertiary/aromatic N) is 2. The highest BCUT2D eigenvalue weighted by molar-refractivity contribution is 5.79. The van der Waals surface area contributed by atoms with Crippen LogP contribution in [0.25, 0.3) is 0 Å². The second-order valence-corrected chi connectivity index (χ2v) is 4.95. The van der Waals surface area contributed by atoms with E-state index in [-0.39, 0.29) is 11.8 Å². The molecule has 1 saturated carbocycles. The number of nitrogens with one attached hydrogen (secondary N) is 1. The van der Waals surface area contributed by atoms with Gasteiger partial charge in [-0.1, -0.05) is 12.8 Å². The summed E-state index contributed by atoms with van der Waals surface area (Å²) in [6, 6.07) is 1.88. The van der Waals surface area contributed by atoms with Gasteiger partial charge in [0.05, 0.1) is 6.54 Å². The summed E-state index contributed by atoms with van der Waals surface area (Å²) in [6.45, 7) is 1.98. The molecule has 5 heteroatoms. The van der Waals surface area contributed by atoms with Gasteiger partial charge in [-0.25, -0.2) is 0 Å². The number of carbonyl (C=O) groups is 1. The molecular formula is C13H22N4O. The Bertz CT molecular complexity index is 363. The Labute approximate surface area is 108 Å². The van der Waals surface area contributed by atoms with E-state index in [0.717, 1.165) is 25.8 Å². The van der Waals surface area contributed by atoms with Gasteiger partial charge in [0, 0.05) is 24.9 Å². The minimum absolute atomic E-state index is 0.112. The molecule has 1 aromatic rings. The van der Waals surface area contributed by atoms with Gasteiger partial charge in [0.15, 0.2) is 0 Å². The second-order valence-electron chi connectivity index (χ2n) is 4.95. The van der Waals surface area contributed by atoms with E-state index < -0.39 is 0 Å². The Morgan fingerprint density at radius 1 is 1.44 bits per heavy atom. The first-order valence-corrected chi connectivity index (χ1v) is 6.76. The van der Waals surface area contributed by atoms with E-state index in [1.54, 1.807) is 6.20 Å². The first-order valence-electron chi connectivity index (χ1n) is 6.76. The average molecular weight is 250 g/mol. The number of carbonyl (C=O) groups excluding carboxylic acids is 1. The van der Waals surface area contributed by atoms with Crippen LogP contribution in [0.5, 0.6) is 0 Å². The molecule has 1 aliphatic rings. The van der Waals surface area contributed by atoms with E-state index in [1.165, 1.54) is 6.42 Å². The van der Waals surface area contributed by atoms with Crippen molar-refractivity contribution in [3.8, 4) is 0 Å². The minimum Gasteiger partial charge on any atom is -0.354 e. The van der Waals surface area contributed by atoms with Crippen LogP contribution in [0.15, 0.2) is 18.5 Å². The number of rotatable bonds is 5. The normalized spacial score (nSPS) is 23.8. The number of aromatic nitrogens is 2. The highest BCUT2D eigenvalue weighted by Crippen LogP contribution is 2.29. The quantitative estimate of drug-likeness (QED) is 0.810. The van der Waals surface area contributed by atoms with Gasteiger partial charge < -0.3 is 11.1 Å². The van der Waals surface area contributed by atoms with Gasteiger partial charge in [0.25, 0.3) is 0 Å². The predicted octanol–water partition coefficient (Wildman–Crippen LogP) is 0.764. The molecule has 0 bridgehead atoms. The molecule has 5 nitrogen and oxygen atoms in total. The van der Waals surface area contributed by atoms with E-state index in [9.17, 15) is 4.79 Å². The lowest BCUT2D eigenvalue weighted by atomic mass is 9.79. The topological polar surface area (TPSA) is 72.9 Å². The summed E-state index contributed by atoms with van der Waals surface area (Å²) >= 11 is 0. The van der Waals surface area contributed by atoms with Gasteiger partial charge in [-0.15, -0.1) is 0 Å². The van der Waals surface area contributed by atoms with Gasteiger partial charge in [-0.3, -0.25) is 9.48 Å². The van der Waals surface area contributed by atoms with Crippen LogP contribution >= 0.6 is 0 Å². The average Bonchev–Trinajstić information content (AvgIpc) is 2.91. The zero-order valence-electron chi connectivity index (χ0n) is 10.7. The van der Waals surface area contributed by atoms with Crippen LogP contribution in [0.4, 0.5) is 0 Å². The van der Waals surface area contributed by atoms with Crippen LogP contribution in [0, 0.1) is 11.8 Å². The number of hydrogen-bond acceptors (Lipinski definition) is 3. The molecule has 1 heterocycles. The van der Waals surface area contributed by atoms with Crippen LogP contribution in [-0.4, -0.2) is 28.8 Å². The van der Waals surface area contributed by atoms with E-state index in [0.29, 0.717) is 19.0 Å². The number of hydrogen-bond donors (Lipinski definition) is 2. The van der Waals surface area contributed by atoms with Gasteiger partial charge >= 0.3 is 0 Å². The first kappa shape index (κ1) is 13.1. The highest BCUT2D eigenvalue weighted by atomic mass is 16.1. The lowest BCUT2D eigenvalue weighted by molar-refractivity contribution is -0.127. The Balaban J connectivity index is 1.76. The van der Waals surface area contributed by atoms with E-state index in [4.69, 9.17) is 5.73 Å². The fourth-order valence-corrected chi connectivity index (χ4v) is 2.69. The molecule has 18 heavy (non-hydrogen) atoms. The minimum atomic E-state index is 0.112. The van der Waals surface area contributed by atoms with E-state index in [1.807, 2.05) is 16.9 Å². The van der Waals surface area contributed by atoms with Crippen molar-refractivity contribution in [1.82, 2.24) is 15.1 Å². The third kappa shape index (κ3) is 3.32. The maximum absolute atomic E-state index is 12.1. The zero-order valence-corrected chi connectivity index (χ0v) is 10.7. The van der Waals surface area contributed by atoms with Crippen molar-refractivity contribution in [2.75, 3.05) is 13.1 Å². The molecule has 2 atom stereocenters. The van der Waals surface area contributed by atoms with Gasteiger partial charge in [0.2, 0.25) is 5.91 Å². The molecular weight excluding hydrogens is 228 g/mol. The van der Waals surface area contributed by atoms with Crippen molar-refractivity contribution >= 4 is 5.91 Å². The van der Waals surface area contributed by atoms with Crippen LogP contribution in [0.2, 0.25) is 0 Å². The Morgan fingerprint density at radius 2 is 2.28 bits per heavy atom. The fourth-order valence-electron chi connectivity index (χ4n) is 2.69. The molecule has 1 fully saturated rings. The summed E-state index contributed by atoms with van der Waals surface area (Å²) in [6.07, 6.45) is 8.07. The van der Waals surface area contributed by atoms with Crippen molar-refractivity contribution in [3.05, 3.63) is 18.5 Å². The molecule has 1 aliphatic carbocycles. The first-order chi connectivity index (χ1) is 8.81. The fraction of sp³-hybridized carbons (Fsp3) is 0.692. The van der Waals surface area contributed by atoms with Gasteiger partial charge in [-0.2, -0.15) is 5.10 Å². The van der Waals surface area contributed by atoms with Crippen LogP contribution in [0.1, 0.15) is 25.7 Å². The van der Waals surface area contributed by atoms with Crippen molar-refractivity contribution in [3.63, 3.8) is 0 Å². The maximum atomic E-state index is 12.1. The standard InChI is InChI=1S/C13H22N4O/c14-10-11-4-1-2-5-12(11)13(18)15-7-9-17-8-3-6-16-17/h3,6,8,11-12H,1-2,4-5,7,9-10,14H2,(H,15,18). The molecule has 0 aliphatic heterocycles. The molecule has 2 unspecified atom stereocenters. The van der Waals surface area contributed by atoms with Crippen molar-refractivity contribution in [1.29, 1.82) is 0 Å². The summed E-state index contributed by atoms with van der Waals surface area (Å²) in [7, 11) is 0. The number of amides is 1. The largest absolute Gasteiger partial charge is 0.354 e. The monoisotopic (exact) mass is 250 g/mol.